The summed E-state index contributed by atoms with van der Waals surface area (Å²) in [5, 5.41) is 2.90. The molecule has 0 aliphatic carbocycles. The second kappa shape index (κ2) is 5.69. The molecule has 2 nitrogen and oxygen atoms in total. The van der Waals surface area contributed by atoms with Crippen molar-refractivity contribution in [2.24, 2.45) is 0 Å². The lowest BCUT2D eigenvalue weighted by Crippen LogP contribution is -2.30. The van der Waals surface area contributed by atoms with Gasteiger partial charge in [0.1, 0.15) is 0 Å². The zero-order valence-electron chi connectivity index (χ0n) is 10.6. The van der Waals surface area contributed by atoms with E-state index in [4.69, 9.17) is 0 Å². The predicted molar refractivity (Wildman–Crippen MR) is 67.5 cm³/mol. The highest BCUT2D eigenvalue weighted by Gasteiger charge is 2.04. The Hall–Kier alpha value is -1.31. The SMILES string of the molecule is CC(=O)NC(C)CCc1ccc(C)c(C)c1. The van der Waals surface area contributed by atoms with Crippen LogP contribution in [-0.2, 0) is 11.2 Å². The molecule has 0 heterocycles. The maximum atomic E-state index is 10.9. The zero-order valence-corrected chi connectivity index (χ0v) is 10.6. The first-order valence-corrected chi connectivity index (χ1v) is 5.82. The minimum absolute atomic E-state index is 0.0487. The van der Waals surface area contributed by atoms with E-state index in [0.717, 1.165) is 12.8 Å². The number of nitrogens with one attached hydrogen (secondary N) is 1. The number of rotatable bonds is 4. The van der Waals surface area contributed by atoms with Gasteiger partial charge in [-0.25, -0.2) is 0 Å². The van der Waals surface area contributed by atoms with Crippen LogP contribution in [-0.4, -0.2) is 11.9 Å². The van der Waals surface area contributed by atoms with Gasteiger partial charge in [-0.2, -0.15) is 0 Å². The second-order valence-electron chi connectivity index (χ2n) is 4.56. The molecule has 0 saturated heterocycles. The molecule has 1 atom stereocenters. The van der Waals surface area contributed by atoms with Gasteiger partial charge in [0, 0.05) is 13.0 Å². The molecule has 16 heavy (non-hydrogen) atoms. The molecule has 0 aliphatic heterocycles. The van der Waals surface area contributed by atoms with Crippen molar-refractivity contribution >= 4 is 5.91 Å². The lowest BCUT2D eigenvalue weighted by Gasteiger charge is -2.12. The largest absolute Gasteiger partial charge is 0.354 e. The third-order valence-electron chi connectivity index (χ3n) is 2.89. The van der Waals surface area contributed by atoms with Gasteiger partial charge >= 0.3 is 0 Å². The van der Waals surface area contributed by atoms with Crippen molar-refractivity contribution in [3.05, 3.63) is 34.9 Å². The number of benzene rings is 1. The van der Waals surface area contributed by atoms with E-state index in [9.17, 15) is 4.79 Å². The van der Waals surface area contributed by atoms with Gasteiger partial charge in [0.25, 0.3) is 0 Å². The molecule has 1 amide bonds. The molecule has 0 aromatic heterocycles. The monoisotopic (exact) mass is 219 g/mol. The van der Waals surface area contributed by atoms with Gasteiger partial charge < -0.3 is 5.32 Å². The summed E-state index contributed by atoms with van der Waals surface area (Å²) in [4.78, 5) is 10.9. The molecule has 1 aromatic carbocycles. The number of hydrogen-bond acceptors (Lipinski definition) is 1. The fraction of sp³-hybridized carbons (Fsp3) is 0.500. The molecule has 0 fully saturated rings. The maximum absolute atomic E-state index is 10.9. The van der Waals surface area contributed by atoms with E-state index in [1.165, 1.54) is 16.7 Å². The quantitative estimate of drug-likeness (QED) is 0.829. The summed E-state index contributed by atoms with van der Waals surface area (Å²) in [5.41, 5.74) is 4.02. The molecule has 0 radical (unpaired) electrons. The molecule has 2 heteroatoms. The van der Waals surface area contributed by atoms with Crippen molar-refractivity contribution in [3.63, 3.8) is 0 Å². The summed E-state index contributed by atoms with van der Waals surface area (Å²) in [6.45, 7) is 7.87. The fourth-order valence-corrected chi connectivity index (χ4v) is 1.76. The second-order valence-corrected chi connectivity index (χ2v) is 4.56. The van der Waals surface area contributed by atoms with Gasteiger partial charge in [-0.15, -0.1) is 0 Å². The first-order chi connectivity index (χ1) is 7.49. The van der Waals surface area contributed by atoms with Gasteiger partial charge in [0.2, 0.25) is 5.91 Å². The summed E-state index contributed by atoms with van der Waals surface area (Å²) in [6.07, 6.45) is 2.00. The summed E-state index contributed by atoms with van der Waals surface area (Å²) < 4.78 is 0. The van der Waals surface area contributed by atoms with E-state index < -0.39 is 0 Å². The minimum Gasteiger partial charge on any atom is -0.354 e. The van der Waals surface area contributed by atoms with Crippen molar-refractivity contribution in [2.75, 3.05) is 0 Å². The number of amides is 1. The van der Waals surface area contributed by atoms with Crippen LogP contribution >= 0.6 is 0 Å². The molecule has 1 unspecified atom stereocenters. The highest BCUT2D eigenvalue weighted by Crippen LogP contribution is 2.12. The smallest absolute Gasteiger partial charge is 0.217 e. The molecule has 1 N–H and O–H groups in total. The first kappa shape index (κ1) is 12.8. The normalized spacial score (nSPS) is 12.2. The Morgan fingerprint density at radius 2 is 2.00 bits per heavy atom. The number of carbonyl (C=O) groups is 1. The Kier molecular flexibility index (Phi) is 4.53. The van der Waals surface area contributed by atoms with Gasteiger partial charge in [0.05, 0.1) is 0 Å². The molecule has 0 saturated carbocycles. The summed E-state index contributed by atoms with van der Waals surface area (Å²) in [5.74, 6) is 0.0487. The summed E-state index contributed by atoms with van der Waals surface area (Å²) >= 11 is 0. The van der Waals surface area contributed by atoms with Crippen molar-refractivity contribution in [1.29, 1.82) is 0 Å². The van der Waals surface area contributed by atoms with Crippen molar-refractivity contribution in [1.82, 2.24) is 5.32 Å². The Morgan fingerprint density at radius 1 is 1.31 bits per heavy atom. The van der Waals surface area contributed by atoms with Crippen LogP contribution in [0.3, 0.4) is 0 Å². The molecular formula is C14H21NO. The van der Waals surface area contributed by atoms with Crippen molar-refractivity contribution < 1.29 is 4.79 Å². The Bertz CT molecular complexity index is 371. The molecule has 88 valence electrons. The van der Waals surface area contributed by atoms with Crippen LogP contribution in [0, 0.1) is 13.8 Å². The summed E-state index contributed by atoms with van der Waals surface area (Å²) in [6, 6.07) is 6.81. The van der Waals surface area contributed by atoms with Gasteiger partial charge in [0.15, 0.2) is 0 Å². The van der Waals surface area contributed by atoms with Crippen molar-refractivity contribution in [2.45, 2.75) is 46.6 Å². The van der Waals surface area contributed by atoms with E-state index in [0.29, 0.717) is 0 Å². The van der Waals surface area contributed by atoms with Crippen LogP contribution in [0.2, 0.25) is 0 Å². The fourth-order valence-electron chi connectivity index (χ4n) is 1.76. The van der Waals surface area contributed by atoms with E-state index in [1.54, 1.807) is 6.92 Å². The van der Waals surface area contributed by atoms with Gasteiger partial charge in [-0.05, 0) is 50.3 Å². The van der Waals surface area contributed by atoms with Crippen LogP contribution in [0.25, 0.3) is 0 Å². The van der Waals surface area contributed by atoms with Crippen LogP contribution in [0.5, 0.6) is 0 Å². The van der Waals surface area contributed by atoms with Crippen LogP contribution in [0.4, 0.5) is 0 Å². The first-order valence-electron chi connectivity index (χ1n) is 5.82. The molecule has 0 spiro atoms. The Balaban J connectivity index is 2.48. The third kappa shape index (κ3) is 4.05. The number of aryl methyl sites for hydroxylation is 3. The maximum Gasteiger partial charge on any atom is 0.217 e. The molecule has 1 aromatic rings. The molecule has 1 rings (SSSR count). The average Bonchev–Trinajstić information content (AvgIpc) is 2.19. The molecule has 0 bridgehead atoms. The van der Waals surface area contributed by atoms with Crippen molar-refractivity contribution in [3.8, 4) is 0 Å². The van der Waals surface area contributed by atoms with Gasteiger partial charge in [-0.1, -0.05) is 18.2 Å². The molecule has 0 aliphatic rings. The highest BCUT2D eigenvalue weighted by molar-refractivity contribution is 5.73. The zero-order chi connectivity index (χ0) is 12.1. The summed E-state index contributed by atoms with van der Waals surface area (Å²) in [7, 11) is 0. The third-order valence-corrected chi connectivity index (χ3v) is 2.89. The molecular weight excluding hydrogens is 198 g/mol. The average molecular weight is 219 g/mol. The standard InChI is InChI=1S/C14H21NO/c1-10-5-7-14(9-11(10)2)8-6-12(3)15-13(4)16/h5,7,9,12H,6,8H2,1-4H3,(H,15,16). The van der Waals surface area contributed by atoms with Crippen LogP contribution in [0.15, 0.2) is 18.2 Å². The predicted octanol–water partition coefficient (Wildman–Crippen LogP) is 2.76. The minimum atomic E-state index is 0.0487. The Morgan fingerprint density at radius 3 is 2.56 bits per heavy atom. The lowest BCUT2D eigenvalue weighted by atomic mass is 10.0. The van der Waals surface area contributed by atoms with E-state index >= 15 is 0 Å². The lowest BCUT2D eigenvalue weighted by molar-refractivity contribution is -0.119. The topological polar surface area (TPSA) is 29.1 Å². The van der Waals surface area contributed by atoms with Crippen LogP contribution in [0.1, 0.15) is 37.0 Å². The van der Waals surface area contributed by atoms with Gasteiger partial charge in [-0.3, -0.25) is 4.79 Å². The highest BCUT2D eigenvalue weighted by atomic mass is 16.1. The number of hydrogen-bond donors (Lipinski definition) is 1. The van der Waals surface area contributed by atoms with E-state index in [2.05, 4.69) is 37.4 Å². The van der Waals surface area contributed by atoms with E-state index in [1.807, 2.05) is 6.92 Å². The number of carbonyl (C=O) groups excluding carboxylic acids is 1. The van der Waals surface area contributed by atoms with Crippen LogP contribution < -0.4 is 5.32 Å². The van der Waals surface area contributed by atoms with E-state index in [-0.39, 0.29) is 11.9 Å². The Labute approximate surface area is 98.1 Å².